The molecule has 0 aliphatic rings. The van der Waals surface area contributed by atoms with Gasteiger partial charge in [0.05, 0.1) is 20.3 Å². The fraction of sp³-hybridized carbons (Fsp3) is 0.429. The minimum atomic E-state index is -0.642. The van der Waals surface area contributed by atoms with Crippen molar-refractivity contribution in [3.05, 3.63) is 23.3 Å². The lowest BCUT2D eigenvalue weighted by molar-refractivity contribution is -0.135. The van der Waals surface area contributed by atoms with Crippen LogP contribution in [0, 0.1) is 6.92 Å². The van der Waals surface area contributed by atoms with Gasteiger partial charge >= 0.3 is 5.97 Å². The van der Waals surface area contributed by atoms with Crippen LogP contribution in [-0.2, 0) is 16.2 Å². The average Bonchev–Trinajstić information content (AvgIpc) is 2.46. The molecule has 8 heteroatoms. The third-order valence-corrected chi connectivity index (χ3v) is 2.65. The van der Waals surface area contributed by atoms with Crippen molar-refractivity contribution in [1.82, 2.24) is 10.6 Å². The number of hydrogen-bond acceptors (Lipinski definition) is 6. The number of esters is 1. The van der Waals surface area contributed by atoms with Crippen LogP contribution in [0.25, 0.3) is 0 Å². The summed E-state index contributed by atoms with van der Waals surface area (Å²) in [5, 5.41) is 14.4. The lowest BCUT2D eigenvalue weighted by atomic mass is 10.1. The number of methoxy groups -OCH3 is 1. The minimum absolute atomic E-state index is 0. The first-order valence-electron chi connectivity index (χ1n) is 6.42. The zero-order chi connectivity index (χ0) is 15.8. The molecule has 0 aromatic heterocycles. The van der Waals surface area contributed by atoms with E-state index in [9.17, 15) is 14.7 Å². The van der Waals surface area contributed by atoms with Crippen LogP contribution in [0.1, 0.15) is 11.1 Å². The quantitative estimate of drug-likeness (QED) is 0.364. The van der Waals surface area contributed by atoms with E-state index in [0.29, 0.717) is 11.3 Å². The van der Waals surface area contributed by atoms with Crippen LogP contribution in [0.2, 0.25) is 0 Å². The molecule has 3 N–H and O–H groups in total. The Morgan fingerprint density at radius 2 is 1.95 bits per heavy atom. The number of carbonyl (C=O) groups excluding carboxylic acids is 2. The van der Waals surface area contributed by atoms with Crippen molar-refractivity contribution in [2.45, 2.75) is 13.5 Å². The number of likely N-dealkylation sites (N-methyl/N-ethyl adjacent to an activating group) is 1. The summed E-state index contributed by atoms with van der Waals surface area (Å²) in [6.45, 7) is 1.41. The highest BCUT2D eigenvalue weighted by molar-refractivity contribution is 6.92. The normalized spacial score (nSPS) is 9.64. The molecule has 0 aliphatic heterocycles. The van der Waals surface area contributed by atoms with E-state index in [4.69, 9.17) is 9.47 Å². The summed E-state index contributed by atoms with van der Waals surface area (Å²) in [6, 6.07) is 3.39. The molecule has 0 radical (unpaired) electrons. The summed E-state index contributed by atoms with van der Waals surface area (Å²) < 4.78 is 10.3. The van der Waals surface area contributed by atoms with Crippen LogP contribution in [0.5, 0.6) is 11.5 Å². The molecule has 0 fully saturated rings. The van der Waals surface area contributed by atoms with E-state index in [1.165, 1.54) is 7.11 Å². The van der Waals surface area contributed by atoms with Gasteiger partial charge in [0.1, 0.15) is 6.54 Å². The molecule has 1 amide bonds. The van der Waals surface area contributed by atoms with Crippen molar-refractivity contribution in [1.29, 1.82) is 0 Å². The van der Waals surface area contributed by atoms with Crippen LogP contribution < -0.4 is 20.1 Å². The maximum Gasteiger partial charge on any atom is 0.330 e. The van der Waals surface area contributed by atoms with Gasteiger partial charge in [-0.2, -0.15) is 9.90 Å². The number of ether oxygens (including phenoxy) is 2. The first-order chi connectivity index (χ1) is 10.0. The van der Waals surface area contributed by atoms with Crippen molar-refractivity contribution in [3.63, 3.8) is 0 Å². The Morgan fingerprint density at radius 3 is 2.50 bits per heavy atom. The molecule has 22 heavy (non-hydrogen) atoms. The van der Waals surface area contributed by atoms with Gasteiger partial charge in [-0.1, -0.05) is 0 Å². The average molecular weight is 330 g/mol. The zero-order valence-electron chi connectivity index (χ0n) is 13.1. The van der Waals surface area contributed by atoms with E-state index >= 15 is 0 Å². The molecule has 0 saturated heterocycles. The Morgan fingerprint density at radius 1 is 1.27 bits per heavy atom. The summed E-state index contributed by atoms with van der Waals surface area (Å²) in [5.41, 5.74) is 1.32. The maximum atomic E-state index is 11.7. The van der Waals surface area contributed by atoms with Crippen molar-refractivity contribution in [2.24, 2.45) is 0 Å². The lowest BCUT2D eigenvalue weighted by Gasteiger charge is -2.14. The number of aliphatic hydroxyl groups is 1. The van der Waals surface area contributed by atoms with Crippen LogP contribution in [0.15, 0.2) is 12.1 Å². The number of aliphatic hydroxyl groups excluding tert-OH is 1. The number of nitrogens with one attached hydrogen (secondary N) is 2. The summed E-state index contributed by atoms with van der Waals surface area (Å²) in [5.74, 6) is -0.434. The smallest absolute Gasteiger partial charge is 0.330 e. The molecule has 1 rings (SSSR count). The van der Waals surface area contributed by atoms with Gasteiger partial charge in [0.2, 0.25) is 5.91 Å². The molecule has 0 spiro atoms. The number of benzene rings is 1. The summed E-state index contributed by atoms with van der Waals surface area (Å²) >= 11 is 0. The standard InChI is InChI=1S/C14H20N2O5.H3P/c1-9-4-10(8-17)14(11(5-9)20-3)21-13(19)7-16-12(18)6-15-2;/h4-5,15,17H,6-8H2,1-3H3,(H,16,18);1H3. The molecular weight excluding hydrogens is 307 g/mol. The number of carbonyl (C=O) groups is 2. The fourth-order valence-electron chi connectivity index (χ4n) is 1.74. The molecule has 0 aliphatic carbocycles. The fourth-order valence-corrected chi connectivity index (χ4v) is 1.74. The van der Waals surface area contributed by atoms with Gasteiger partial charge < -0.3 is 25.2 Å². The maximum absolute atomic E-state index is 11.7. The Hall–Kier alpha value is -1.69. The Labute approximate surface area is 133 Å². The molecule has 0 heterocycles. The minimum Gasteiger partial charge on any atom is -0.493 e. The van der Waals surface area contributed by atoms with E-state index in [0.717, 1.165) is 5.56 Å². The number of aryl methyl sites for hydroxylation is 1. The van der Waals surface area contributed by atoms with E-state index in [1.807, 2.05) is 6.92 Å². The SMILES string of the molecule is CNCC(=O)NCC(=O)Oc1c(CO)cc(C)cc1OC.P. The van der Waals surface area contributed by atoms with Gasteiger partial charge in [-0.05, 0) is 31.7 Å². The van der Waals surface area contributed by atoms with Gasteiger partial charge in [-0.3, -0.25) is 4.79 Å². The summed E-state index contributed by atoms with van der Waals surface area (Å²) in [7, 11) is 3.07. The molecule has 1 aromatic rings. The second-order valence-electron chi connectivity index (χ2n) is 4.39. The van der Waals surface area contributed by atoms with Crippen LogP contribution in [0.4, 0.5) is 0 Å². The summed E-state index contributed by atoms with van der Waals surface area (Å²) in [6.07, 6.45) is 0. The molecule has 0 bridgehead atoms. The highest BCUT2D eigenvalue weighted by Crippen LogP contribution is 2.32. The van der Waals surface area contributed by atoms with Crippen LogP contribution in [-0.4, -0.2) is 44.2 Å². The van der Waals surface area contributed by atoms with Gasteiger partial charge in [0.25, 0.3) is 0 Å². The molecule has 7 nitrogen and oxygen atoms in total. The largest absolute Gasteiger partial charge is 0.493 e. The number of amides is 1. The van der Waals surface area contributed by atoms with E-state index in [-0.39, 0.29) is 41.3 Å². The van der Waals surface area contributed by atoms with E-state index in [2.05, 4.69) is 10.6 Å². The van der Waals surface area contributed by atoms with E-state index < -0.39 is 5.97 Å². The zero-order valence-corrected chi connectivity index (χ0v) is 14.5. The second-order valence-corrected chi connectivity index (χ2v) is 4.39. The van der Waals surface area contributed by atoms with Gasteiger partial charge in [0.15, 0.2) is 11.5 Å². The molecule has 1 atom stereocenters. The number of hydrogen-bond donors (Lipinski definition) is 3. The first kappa shape index (κ1) is 20.3. The molecule has 0 saturated carbocycles. The van der Waals surface area contributed by atoms with Crippen LogP contribution >= 0.6 is 9.90 Å². The third kappa shape index (κ3) is 5.97. The Bertz CT molecular complexity index is 497. The Balaban J connectivity index is 0.00000441. The monoisotopic (exact) mass is 330 g/mol. The van der Waals surface area contributed by atoms with Crippen LogP contribution in [0.3, 0.4) is 0 Å². The number of rotatable bonds is 7. The first-order valence-corrected chi connectivity index (χ1v) is 6.42. The van der Waals surface area contributed by atoms with Crippen molar-refractivity contribution >= 4 is 21.8 Å². The Kier molecular flexibility index (Phi) is 9.33. The predicted octanol–water partition coefficient (Wildman–Crippen LogP) is -0.205. The molecule has 124 valence electrons. The summed E-state index contributed by atoms with van der Waals surface area (Å²) in [4.78, 5) is 23.0. The van der Waals surface area contributed by atoms with Gasteiger partial charge in [-0.25, -0.2) is 4.79 Å². The lowest BCUT2D eigenvalue weighted by Crippen LogP contribution is -2.37. The highest BCUT2D eigenvalue weighted by Gasteiger charge is 2.16. The van der Waals surface area contributed by atoms with Crippen molar-refractivity contribution in [3.8, 4) is 11.5 Å². The second kappa shape index (κ2) is 10.1. The van der Waals surface area contributed by atoms with Crippen molar-refractivity contribution < 1.29 is 24.2 Å². The van der Waals surface area contributed by atoms with Crippen molar-refractivity contribution in [2.75, 3.05) is 27.2 Å². The molecular formula is C14H23N2O5P. The molecule has 1 unspecified atom stereocenters. The topological polar surface area (TPSA) is 96.9 Å². The van der Waals surface area contributed by atoms with E-state index in [1.54, 1.807) is 19.2 Å². The van der Waals surface area contributed by atoms with Gasteiger partial charge in [-0.15, -0.1) is 0 Å². The highest BCUT2D eigenvalue weighted by atomic mass is 31.0. The van der Waals surface area contributed by atoms with Gasteiger partial charge in [0, 0.05) is 5.56 Å². The predicted molar refractivity (Wildman–Crippen MR) is 87.3 cm³/mol. The molecule has 1 aromatic carbocycles. The third-order valence-electron chi connectivity index (χ3n) is 2.65.